The first-order valence-corrected chi connectivity index (χ1v) is 15.9. The zero-order valence-corrected chi connectivity index (χ0v) is 25.3. The molecule has 0 amide bonds. The van der Waals surface area contributed by atoms with Crippen LogP contribution in [0.5, 0.6) is 0 Å². The van der Waals surface area contributed by atoms with Crippen molar-refractivity contribution in [2.75, 3.05) is 0 Å². The van der Waals surface area contributed by atoms with E-state index >= 15 is 0 Å². The van der Waals surface area contributed by atoms with Crippen LogP contribution in [0.3, 0.4) is 0 Å². The zero-order chi connectivity index (χ0) is 30.5. The molecule has 0 bridgehead atoms. The summed E-state index contributed by atoms with van der Waals surface area (Å²) >= 11 is 0. The molecule has 0 unspecified atom stereocenters. The maximum atomic E-state index is 2.45. The lowest BCUT2D eigenvalue weighted by molar-refractivity contribution is 1.61. The lowest BCUT2D eigenvalue weighted by Gasteiger charge is -2.19. The molecule has 0 atom stereocenters. The third kappa shape index (κ3) is 4.38. The van der Waals surface area contributed by atoms with Crippen molar-refractivity contribution in [1.82, 2.24) is 0 Å². The first kappa shape index (κ1) is 26.4. The Balaban J connectivity index is 1.36. The lowest BCUT2D eigenvalue weighted by atomic mass is 9.85. The Labute approximate surface area is 268 Å². The van der Waals surface area contributed by atoms with Crippen molar-refractivity contribution < 1.29 is 0 Å². The SMILES string of the molecule is c1ccc(-c2cccc(-c3cc4c5ccccc5c(-c5cc6ccccc6cc5-c5ccccc5)cc4c4ccccc34)c2)cc1. The largest absolute Gasteiger partial charge is 0.0622 e. The molecule has 0 saturated carbocycles. The predicted molar refractivity (Wildman–Crippen MR) is 198 cm³/mol. The third-order valence-corrected chi connectivity index (χ3v) is 9.42. The third-order valence-electron chi connectivity index (χ3n) is 9.42. The van der Waals surface area contributed by atoms with Gasteiger partial charge in [-0.05, 0) is 118 Å². The van der Waals surface area contributed by atoms with Gasteiger partial charge in [-0.3, -0.25) is 0 Å². The van der Waals surface area contributed by atoms with Crippen LogP contribution in [0.1, 0.15) is 0 Å². The van der Waals surface area contributed by atoms with Crippen molar-refractivity contribution in [3.63, 3.8) is 0 Å². The maximum absolute atomic E-state index is 2.45. The summed E-state index contributed by atoms with van der Waals surface area (Å²) in [5, 5.41) is 10.1. The number of hydrogen-bond donors (Lipinski definition) is 0. The first-order valence-electron chi connectivity index (χ1n) is 15.9. The molecule has 0 spiro atoms. The molecule has 0 fully saturated rings. The van der Waals surface area contributed by atoms with Crippen molar-refractivity contribution >= 4 is 43.1 Å². The van der Waals surface area contributed by atoms with Crippen molar-refractivity contribution in [2.24, 2.45) is 0 Å². The van der Waals surface area contributed by atoms with Crippen LogP contribution in [-0.2, 0) is 0 Å². The summed E-state index contributed by atoms with van der Waals surface area (Å²) in [6.07, 6.45) is 0. The highest BCUT2D eigenvalue weighted by Gasteiger charge is 2.17. The molecule has 0 heteroatoms. The second kappa shape index (κ2) is 10.9. The van der Waals surface area contributed by atoms with Gasteiger partial charge in [-0.25, -0.2) is 0 Å². The van der Waals surface area contributed by atoms with Gasteiger partial charge in [0.2, 0.25) is 0 Å². The molecule has 9 aromatic carbocycles. The summed E-state index contributed by atoms with van der Waals surface area (Å²) in [5.41, 5.74) is 9.95. The van der Waals surface area contributed by atoms with E-state index < -0.39 is 0 Å². The predicted octanol–water partition coefficient (Wildman–Crippen LogP) is 13.0. The average molecular weight is 583 g/mol. The smallest absolute Gasteiger partial charge is 0.00923 e. The van der Waals surface area contributed by atoms with Crippen LogP contribution < -0.4 is 0 Å². The summed E-state index contributed by atoms with van der Waals surface area (Å²) in [4.78, 5) is 0. The van der Waals surface area contributed by atoms with E-state index in [-0.39, 0.29) is 0 Å². The molecule has 0 nitrogen and oxygen atoms in total. The van der Waals surface area contributed by atoms with Crippen molar-refractivity contribution in [1.29, 1.82) is 0 Å². The Morgan fingerprint density at radius 2 is 0.652 bits per heavy atom. The molecule has 0 aromatic heterocycles. The number of hydrogen-bond acceptors (Lipinski definition) is 0. The minimum Gasteiger partial charge on any atom is -0.0622 e. The second-order valence-electron chi connectivity index (χ2n) is 12.1. The first-order chi connectivity index (χ1) is 22.8. The summed E-state index contributed by atoms with van der Waals surface area (Å²) in [7, 11) is 0. The van der Waals surface area contributed by atoms with E-state index in [4.69, 9.17) is 0 Å². The van der Waals surface area contributed by atoms with Crippen LogP contribution >= 0.6 is 0 Å². The van der Waals surface area contributed by atoms with E-state index in [0.717, 1.165) is 0 Å². The molecule has 0 N–H and O–H groups in total. The van der Waals surface area contributed by atoms with E-state index in [1.165, 1.54) is 87.6 Å². The minimum atomic E-state index is 1.23. The maximum Gasteiger partial charge on any atom is -0.00923 e. The molecule has 214 valence electrons. The number of fused-ring (bicyclic) bond motifs is 6. The van der Waals surface area contributed by atoms with Crippen LogP contribution in [0, 0.1) is 0 Å². The van der Waals surface area contributed by atoms with Crippen molar-refractivity contribution in [2.45, 2.75) is 0 Å². The van der Waals surface area contributed by atoms with E-state index in [2.05, 4.69) is 182 Å². The van der Waals surface area contributed by atoms with Gasteiger partial charge < -0.3 is 0 Å². The van der Waals surface area contributed by atoms with Gasteiger partial charge in [-0.1, -0.05) is 152 Å². The minimum absolute atomic E-state index is 1.23. The van der Waals surface area contributed by atoms with Gasteiger partial charge in [0, 0.05) is 0 Å². The molecule has 0 aliphatic heterocycles. The molecular weight excluding hydrogens is 553 g/mol. The molecule has 0 heterocycles. The van der Waals surface area contributed by atoms with Gasteiger partial charge in [0.05, 0.1) is 0 Å². The molecule has 0 saturated heterocycles. The summed E-state index contributed by atoms with van der Waals surface area (Å²) < 4.78 is 0. The molecule has 9 rings (SSSR count). The monoisotopic (exact) mass is 582 g/mol. The zero-order valence-electron chi connectivity index (χ0n) is 25.3. The highest BCUT2D eigenvalue weighted by molar-refractivity contribution is 6.24. The number of benzene rings is 9. The summed E-state index contributed by atoms with van der Waals surface area (Å²) in [6, 6.07) is 66.6. The summed E-state index contributed by atoms with van der Waals surface area (Å²) in [6.45, 7) is 0. The Bertz CT molecular complexity index is 2560. The quantitative estimate of drug-likeness (QED) is 0.181. The molecule has 0 aliphatic carbocycles. The van der Waals surface area contributed by atoms with Gasteiger partial charge in [0.1, 0.15) is 0 Å². The van der Waals surface area contributed by atoms with Gasteiger partial charge in [0.25, 0.3) is 0 Å². The normalized spacial score (nSPS) is 11.5. The van der Waals surface area contributed by atoms with Crippen LogP contribution in [0.15, 0.2) is 182 Å². The number of rotatable bonds is 4. The Hall–Kier alpha value is -5.98. The fourth-order valence-electron chi connectivity index (χ4n) is 7.23. The summed E-state index contributed by atoms with van der Waals surface area (Å²) in [5.74, 6) is 0. The van der Waals surface area contributed by atoms with Gasteiger partial charge in [-0.2, -0.15) is 0 Å². The van der Waals surface area contributed by atoms with Crippen molar-refractivity contribution in [3.05, 3.63) is 182 Å². The Morgan fingerprint density at radius 3 is 1.30 bits per heavy atom. The standard InChI is InChI=1S/C46H30/c1-3-14-31(15-4-1)33-20-13-21-36(26-33)42-29-44-39-24-11-12-25-40(39)45(30-46(44)38-23-10-9-22-37(38)42)43-28-35-19-8-7-18-34(35)27-41(43)32-16-5-2-6-17-32/h1-30H. The van der Waals surface area contributed by atoms with E-state index in [1.54, 1.807) is 0 Å². The molecular formula is C46H30. The lowest BCUT2D eigenvalue weighted by Crippen LogP contribution is -1.91. The highest BCUT2D eigenvalue weighted by atomic mass is 14.2. The van der Waals surface area contributed by atoms with Gasteiger partial charge in [0.15, 0.2) is 0 Å². The van der Waals surface area contributed by atoms with Crippen LogP contribution in [0.4, 0.5) is 0 Å². The topological polar surface area (TPSA) is 0 Å². The Kier molecular flexibility index (Phi) is 6.25. The Morgan fingerprint density at radius 1 is 0.196 bits per heavy atom. The average Bonchev–Trinajstić information content (AvgIpc) is 3.14. The van der Waals surface area contributed by atoms with Gasteiger partial charge in [-0.15, -0.1) is 0 Å². The second-order valence-corrected chi connectivity index (χ2v) is 12.1. The molecule has 0 radical (unpaired) electrons. The van der Waals surface area contributed by atoms with E-state index in [0.29, 0.717) is 0 Å². The van der Waals surface area contributed by atoms with E-state index in [1.807, 2.05) is 0 Å². The van der Waals surface area contributed by atoms with E-state index in [9.17, 15) is 0 Å². The van der Waals surface area contributed by atoms with Crippen LogP contribution in [0.25, 0.3) is 87.6 Å². The highest BCUT2D eigenvalue weighted by Crippen LogP contribution is 2.45. The molecule has 46 heavy (non-hydrogen) atoms. The molecule has 9 aromatic rings. The van der Waals surface area contributed by atoms with Crippen LogP contribution in [0.2, 0.25) is 0 Å². The molecule has 0 aliphatic rings. The van der Waals surface area contributed by atoms with Crippen LogP contribution in [-0.4, -0.2) is 0 Å². The van der Waals surface area contributed by atoms with Crippen molar-refractivity contribution in [3.8, 4) is 44.5 Å². The fraction of sp³-hybridized carbons (Fsp3) is 0. The van der Waals surface area contributed by atoms with Gasteiger partial charge >= 0.3 is 0 Å². The fourth-order valence-corrected chi connectivity index (χ4v) is 7.23.